The number of anilines is 4. The van der Waals surface area contributed by atoms with E-state index in [4.69, 9.17) is 0 Å². The molecule has 1 saturated heterocycles. The van der Waals surface area contributed by atoms with E-state index in [2.05, 4.69) is 219 Å². The molecule has 0 bridgehead atoms. The number of nitrogens with zero attached hydrogens (tertiary/aromatic N) is 1. The minimum absolute atomic E-state index is 0.246. The Hall–Kier alpha value is -5.66. The van der Waals surface area contributed by atoms with Crippen LogP contribution in [-0.4, -0.2) is 17.9 Å². The highest BCUT2D eigenvalue weighted by Crippen LogP contribution is 2.47. The largest absolute Gasteiger partial charge is 0.376 e. The summed E-state index contributed by atoms with van der Waals surface area (Å²) in [6, 6.07) is 56.2. The highest BCUT2D eigenvalue weighted by atomic mass is 32.1. The van der Waals surface area contributed by atoms with Crippen LogP contribution in [0.4, 0.5) is 22.7 Å². The number of thiophene rings is 2. The lowest BCUT2D eigenvalue weighted by Gasteiger charge is -2.42. The van der Waals surface area contributed by atoms with Crippen LogP contribution >= 0.6 is 22.7 Å². The Balaban J connectivity index is 0.000000128. The zero-order chi connectivity index (χ0) is 42.1. The van der Waals surface area contributed by atoms with Crippen molar-refractivity contribution >= 4 is 63.2 Å². The molecule has 3 aliphatic heterocycles. The van der Waals surface area contributed by atoms with Gasteiger partial charge in [0.15, 0.2) is 0 Å². The summed E-state index contributed by atoms with van der Waals surface area (Å²) < 4.78 is 0. The van der Waals surface area contributed by atoms with Gasteiger partial charge in [-0.1, -0.05) is 127 Å². The van der Waals surface area contributed by atoms with Crippen LogP contribution in [0.3, 0.4) is 0 Å². The molecule has 6 heteroatoms. The molecule has 0 unspecified atom stereocenters. The second-order valence-electron chi connectivity index (χ2n) is 17.7. The van der Waals surface area contributed by atoms with Crippen molar-refractivity contribution in [2.24, 2.45) is 0 Å². The van der Waals surface area contributed by atoms with E-state index in [1.807, 2.05) is 17.4 Å². The summed E-state index contributed by atoms with van der Waals surface area (Å²) in [4.78, 5) is 5.29. The van der Waals surface area contributed by atoms with Crippen molar-refractivity contribution in [3.8, 4) is 44.5 Å². The second kappa shape index (κ2) is 17.0. The van der Waals surface area contributed by atoms with Crippen LogP contribution in [0.25, 0.3) is 44.5 Å². The molecule has 8 aromatic rings. The Morgan fingerprint density at radius 3 is 1.69 bits per heavy atom. The average molecular weight is 832 g/mol. The molecule has 3 aliphatic rings. The predicted octanol–water partition coefficient (Wildman–Crippen LogP) is 14.4. The van der Waals surface area contributed by atoms with E-state index in [9.17, 15) is 0 Å². The fourth-order valence-electron chi connectivity index (χ4n) is 9.77. The quantitative estimate of drug-likeness (QED) is 0.173. The van der Waals surface area contributed by atoms with Crippen LogP contribution in [0, 0.1) is 13.8 Å². The zero-order valence-electron chi connectivity index (χ0n) is 36.1. The molecule has 2 aromatic heterocycles. The summed E-state index contributed by atoms with van der Waals surface area (Å²) in [6.07, 6.45) is 4.00. The third kappa shape index (κ3) is 8.25. The van der Waals surface area contributed by atoms with E-state index in [1.165, 1.54) is 95.8 Å². The Bertz CT molecular complexity index is 2780. The number of para-hydroxylation sites is 4. The van der Waals surface area contributed by atoms with Crippen molar-refractivity contribution in [2.45, 2.75) is 71.9 Å². The number of fused-ring (bicyclic) bond motifs is 11. The van der Waals surface area contributed by atoms with Crippen molar-refractivity contribution < 1.29 is 0 Å². The fraction of sp³-hybridized carbons (Fsp3) is 0.200. The van der Waals surface area contributed by atoms with E-state index in [0.29, 0.717) is 11.1 Å². The summed E-state index contributed by atoms with van der Waals surface area (Å²) in [5, 5.41) is 11.8. The van der Waals surface area contributed by atoms with Crippen molar-refractivity contribution in [3.63, 3.8) is 0 Å². The van der Waals surface area contributed by atoms with Gasteiger partial charge in [-0.3, -0.25) is 0 Å². The lowest BCUT2D eigenvalue weighted by molar-refractivity contribution is 0.183. The highest BCUT2D eigenvalue weighted by Gasteiger charge is 2.43. The average Bonchev–Trinajstić information content (AvgIpc) is 3.88. The van der Waals surface area contributed by atoms with Gasteiger partial charge in [0.2, 0.25) is 0 Å². The van der Waals surface area contributed by atoms with Crippen LogP contribution in [0.5, 0.6) is 0 Å². The first-order valence-electron chi connectivity index (χ1n) is 21.6. The van der Waals surface area contributed by atoms with E-state index >= 15 is 0 Å². The standard InChI is InChI=1S/C23H16BNS.C23H19NS.C9H19N/c1-15-23-18-10-4-7-13-22(18)25-21-12-6-3-9-17(21)16-8-2-5-11-19(16)24(25)20(23)14-26-15;1-17-19(15-16-25-17)21-12-6-8-14-23(21)24-22-13-7-5-11-20(22)18-9-3-2-4-10-18;1-8(2)6-5-7-9(3,4)10-8/h2-14H,1H3;2-16,24H,1H3;10H,5-7H2,1-4H3. The molecule has 0 radical (unpaired) electrons. The molecule has 0 aliphatic carbocycles. The predicted molar refractivity (Wildman–Crippen MR) is 268 cm³/mol. The van der Waals surface area contributed by atoms with Gasteiger partial charge in [-0.05, 0) is 135 Å². The number of piperidine rings is 1. The first-order chi connectivity index (χ1) is 29.6. The van der Waals surface area contributed by atoms with Crippen molar-refractivity contribution in [3.05, 3.63) is 178 Å². The summed E-state index contributed by atoms with van der Waals surface area (Å²) >= 11 is 3.66. The Kier molecular flexibility index (Phi) is 11.4. The van der Waals surface area contributed by atoms with E-state index in [0.717, 1.165) is 11.4 Å². The smallest absolute Gasteiger partial charge is 0.330 e. The van der Waals surface area contributed by atoms with E-state index < -0.39 is 0 Å². The summed E-state index contributed by atoms with van der Waals surface area (Å²) in [6.45, 7) is 13.8. The van der Waals surface area contributed by atoms with Crippen LogP contribution in [0.15, 0.2) is 168 Å². The molecule has 0 amide bonds. The van der Waals surface area contributed by atoms with Gasteiger partial charge in [0.25, 0.3) is 0 Å². The Labute approximate surface area is 371 Å². The summed E-state index contributed by atoms with van der Waals surface area (Å²) in [5.41, 5.74) is 18.9. The molecule has 304 valence electrons. The Morgan fingerprint density at radius 1 is 0.508 bits per heavy atom. The topological polar surface area (TPSA) is 27.3 Å². The first kappa shape index (κ1) is 40.7. The molecule has 0 saturated carbocycles. The number of hydrogen-bond donors (Lipinski definition) is 2. The van der Waals surface area contributed by atoms with Gasteiger partial charge in [-0.15, -0.1) is 22.7 Å². The maximum atomic E-state index is 3.66. The van der Waals surface area contributed by atoms with Crippen LogP contribution < -0.4 is 26.4 Å². The van der Waals surface area contributed by atoms with Gasteiger partial charge in [-0.25, -0.2) is 0 Å². The summed E-state index contributed by atoms with van der Waals surface area (Å²) in [7, 11) is 0. The van der Waals surface area contributed by atoms with E-state index in [1.54, 1.807) is 11.3 Å². The molecular weight excluding hydrogens is 778 g/mol. The number of nitrogens with one attached hydrogen (secondary N) is 2. The van der Waals surface area contributed by atoms with Crippen LogP contribution in [-0.2, 0) is 0 Å². The molecule has 2 N–H and O–H groups in total. The molecule has 5 heterocycles. The monoisotopic (exact) mass is 831 g/mol. The van der Waals surface area contributed by atoms with Gasteiger partial charge >= 0.3 is 6.85 Å². The Morgan fingerprint density at radius 2 is 1.05 bits per heavy atom. The minimum Gasteiger partial charge on any atom is -0.376 e. The molecule has 3 nitrogen and oxygen atoms in total. The zero-order valence-corrected chi connectivity index (χ0v) is 37.8. The minimum atomic E-state index is 0.246. The molecule has 6 aromatic carbocycles. The SMILES string of the molecule is CC1(C)CCCC(C)(C)N1.Cc1scc2c1-c1ccccc1N1B2c2ccccc2-c2ccccc21.Cc1sccc1-c1ccccc1Nc1ccccc1-c1ccccc1. The van der Waals surface area contributed by atoms with Crippen molar-refractivity contribution in [2.75, 3.05) is 10.1 Å². The normalized spacial score (nSPS) is 15.0. The molecular formula is C55H54BN3S2. The third-order valence-corrected chi connectivity index (χ3v) is 14.1. The molecule has 61 heavy (non-hydrogen) atoms. The third-order valence-electron chi connectivity index (χ3n) is 12.3. The van der Waals surface area contributed by atoms with Gasteiger partial charge in [0.1, 0.15) is 0 Å². The highest BCUT2D eigenvalue weighted by molar-refractivity contribution is 7.13. The van der Waals surface area contributed by atoms with Crippen LogP contribution in [0.1, 0.15) is 56.7 Å². The van der Waals surface area contributed by atoms with E-state index in [-0.39, 0.29) is 6.85 Å². The van der Waals surface area contributed by atoms with Gasteiger partial charge in [-0.2, -0.15) is 0 Å². The second-order valence-corrected chi connectivity index (χ2v) is 19.9. The lowest BCUT2D eigenvalue weighted by Crippen LogP contribution is -2.59. The molecule has 11 rings (SSSR count). The number of benzene rings is 6. The number of rotatable bonds is 4. The first-order valence-corrected chi connectivity index (χ1v) is 23.3. The van der Waals surface area contributed by atoms with Gasteiger partial charge in [0, 0.05) is 65.8 Å². The molecule has 0 atom stereocenters. The molecule has 0 spiro atoms. The van der Waals surface area contributed by atoms with Crippen molar-refractivity contribution in [1.29, 1.82) is 0 Å². The van der Waals surface area contributed by atoms with Gasteiger partial charge < -0.3 is 15.4 Å². The van der Waals surface area contributed by atoms with Crippen molar-refractivity contribution in [1.82, 2.24) is 5.32 Å². The fourth-order valence-corrected chi connectivity index (χ4v) is 11.4. The number of aryl methyl sites for hydroxylation is 2. The van der Waals surface area contributed by atoms with Crippen LogP contribution in [0.2, 0.25) is 0 Å². The molecule has 1 fully saturated rings. The maximum Gasteiger partial charge on any atom is 0.330 e. The van der Waals surface area contributed by atoms with Gasteiger partial charge in [0.05, 0.1) is 0 Å². The summed E-state index contributed by atoms with van der Waals surface area (Å²) in [5.74, 6) is 0. The lowest BCUT2D eigenvalue weighted by atomic mass is 9.44. The maximum absolute atomic E-state index is 3.66. The number of hydrogen-bond acceptors (Lipinski definition) is 5.